The molecular formula is C21H20N4O4S. The topological polar surface area (TPSA) is 91.3 Å². The minimum Gasteiger partial charge on any atom is -0.492 e. The molecule has 0 unspecified atom stereocenters. The maximum absolute atomic E-state index is 13.6. The van der Waals surface area contributed by atoms with Gasteiger partial charge in [0.25, 0.3) is 5.91 Å². The average Bonchev–Trinajstić information content (AvgIpc) is 3.21. The first-order valence-electron chi connectivity index (χ1n) is 9.39. The van der Waals surface area contributed by atoms with E-state index in [0.717, 1.165) is 16.8 Å². The number of nitrogens with one attached hydrogen (secondary N) is 1. The van der Waals surface area contributed by atoms with Crippen molar-refractivity contribution in [2.24, 2.45) is 5.10 Å². The van der Waals surface area contributed by atoms with Gasteiger partial charge in [0.1, 0.15) is 12.4 Å². The summed E-state index contributed by atoms with van der Waals surface area (Å²) < 4.78 is 5.76. The van der Waals surface area contributed by atoms with E-state index in [1.54, 1.807) is 11.0 Å². The third kappa shape index (κ3) is 3.30. The Bertz CT molecular complexity index is 1040. The highest BCUT2D eigenvalue weighted by molar-refractivity contribution is 8.15. The number of fused-ring (bicyclic) bond motifs is 2. The molecule has 2 aliphatic heterocycles. The van der Waals surface area contributed by atoms with Gasteiger partial charge in [-0.1, -0.05) is 36.4 Å². The Labute approximate surface area is 177 Å². The van der Waals surface area contributed by atoms with Crippen molar-refractivity contribution >= 4 is 40.3 Å². The zero-order valence-corrected chi connectivity index (χ0v) is 17.3. The minimum absolute atomic E-state index is 0.211. The lowest BCUT2D eigenvalue weighted by molar-refractivity contribution is -0.139. The van der Waals surface area contributed by atoms with Crippen LogP contribution in [0.1, 0.15) is 19.4 Å². The van der Waals surface area contributed by atoms with Crippen molar-refractivity contribution in [1.82, 2.24) is 10.3 Å². The Hall–Kier alpha value is -3.33. The van der Waals surface area contributed by atoms with E-state index in [-0.39, 0.29) is 23.6 Å². The van der Waals surface area contributed by atoms with Gasteiger partial charge in [-0.2, -0.15) is 5.01 Å². The van der Waals surface area contributed by atoms with Gasteiger partial charge in [-0.3, -0.25) is 14.4 Å². The standard InChI is InChI=1S/C21H20N4O4S/c1-14(26)22-20-23-25(15(2)27)21(30-20)17-10-6-7-11-18(17)24(19(21)28)12-13-29-16-8-4-3-5-9-16/h3-11H,12-13H2,1-2H3,(H,22,23,26)/t21-/m0/s1. The van der Waals surface area contributed by atoms with Crippen molar-refractivity contribution < 1.29 is 19.1 Å². The first kappa shape index (κ1) is 20.0. The first-order valence-corrected chi connectivity index (χ1v) is 10.2. The van der Waals surface area contributed by atoms with Crippen LogP contribution in [0.25, 0.3) is 0 Å². The summed E-state index contributed by atoms with van der Waals surface area (Å²) in [7, 11) is 0. The fourth-order valence-electron chi connectivity index (χ4n) is 3.56. The quantitative estimate of drug-likeness (QED) is 0.813. The molecule has 2 aromatic rings. The number of carbonyl (C=O) groups excluding carboxylic acids is 3. The number of amidine groups is 1. The van der Waals surface area contributed by atoms with Gasteiger partial charge >= 0.3 is 0 Å². The molecule has 0 saturated heterocycles. The second-order valence-corrected chi connectivity index (χ2v) is 7.98. The SMILES string of the molecule is CC(=O)NC1=NN(C(C)=O)[C@@]2(S1)C(=O)N(CCOc1ccccc1)c1ccccc12. The number of para-hydroxylation sites is 2. The van der Waals surface area contributed by atoms with E-state index in [1.807, 2.05) is 48.5 Å². The molecule has 1 atom stereocenters. The average molecular weight is 424 g/mol. The number of anilines is 1. The Balaban J connectivity index is 1.64. The summed E-state index contributed by atoms with van der Waals surface area (Å²) in [5.74, 6) is -0.310. The highest BCUT2D eigenvalue weighted by Gasteiger charge is 2.60. The number of benzene rings is 2. The van der Waals surface area contributed by atoms with Crippen LogP contribution in [0.5, 0.6) is 5.75 Å². The van der Waals surface area contributed by atoms with Crippen molar-refractivity contribution in [2.75, 3.05) is 18.1 Å². The molecule has 1 N–H and O–H groups in total. The third-order valence-corrected chi connectivity index (χ3v) is 5.98. The molecule has 0 saturated carbocycles. The van der Waals surface area contributed by atoms with Crippen molar-refractivity contribution in [3.8, 4) is 5.75 Å². The predicted octanol–water partition coefficient (Wildman–Crippen LogP) is 2.27. The molecule has 9 heteroatoms. The molecule has 0 aromatic heterocycles. The fraction of sp³-hybridized carbons (Fsp3) is 0.238. The molecular weight excluding hydrogens is 404 g/mol. The molecule has 0 aliphatic carbocycles. The number of hydrogen-bond acceptors (Lipinski definition) is 6. The van der Waals surface area contributed by atoms with Crippen LogP contribution in [-0.2, 0) is 19.3 Å². The maximum atomic E-state index is 13.6. The highest BCUT2D eigenvalue weighted by Crippen LogP contribution is 2.54. The molecule has 154 valence electrons. The molecule has 2 aromatic carbocycles. The van der Waals surface area contributed by atoms with E-state index < -0.39 is 10.8 Å². The van der Waals surface area contributed by atoms with Gasteiger partial charge < -0.3 is 15.0 Å². The van der Waals surface area contributed by atoms with Crippen LogP contribution in [0.15, 0.2) is 59.7 Å². The molecule has 3 amide bonds. The van der Waals surface area contributed by atoms with Crippen molar-refractivity contribution in [2.45, 2.75) is 18.7 Å². The summed E-state index contributed by atoms with van der Waals surface area (Å²) in [4.78, 5) is 37.8. The van der Waals surface area contributed by atoms with Crippen LogP contribution in [-0.4, -0.2) is 41.0 Å². The number of hydrogen-bond donors (Lipinski definition) is 1. The van der Waals surface area contributed by atoms with Crippen LogP contribution in [0.2, 0.25) is 0 Å². The molecule has 2 aliphatic rings. The zero-order chi connectivity index (χ0) is 21.3. The van der Waals surface area contributed by atoms with Gasteiger partial charge in [0, 0.05) is 19.4 Å². The second-order valence-electron chi connectivity index (χ2n) is 6.80. The zero-order valence-electron chi connectivity index (χ0n) is 16.5. The molecule has 0 radical (unpaired) electrons. The molecule has 0 bridgehead atoms. The number of thioether (sulfide) groups is 1. The van der Waals surface area contributed by atoms with Gasteiger partial charge in [0.15, 0.2) is 5.17 Å². The Morgan fingerprint density at radius 3 is 2.50 bits per heavy atom. The van der Waals surface area contributed by atoms with E-state index in [0.29, 0.717) is 23.5 Å². The normalized spacial score (nSPS) is 19.7. The Morgan fingerprint density at radius 2 is 1.80 bits per heavy atom. The lowest BCUT2D eigenvalue weighted by Crippen LogP contribution is -2.49. The Kier molecular flexibility index (Phi) is 5.21. The van der Waals surface area contributed by atoms with E-state index >= 15 is 0 Å². The number of rotatable bonds is 4. The monoisotopic (exact) mass is 424 g/mol. The molecule has 8 nitrogen and oxygen atoms in total. The van der Waals surface area contributed by atoms with E-state index in [1.165, 1.54) is 13.8 Å². The van der Waals surface area contributed by atoms with Crippen molar-refractivity contribution in [1.29, 1.82) is 0 Å². The second kappa shape index (κ2) is 7.83. The number of ether oxygens (including phenoxy) is 1. The maximum Gasteiger partial charge on any atom is 0.270 e. The van der Waals surface area contributed by atoms with Crippen LogP contribution in [0.3, 0.4) is 0 Å². The fourth-order valence-corrected chi connectivity index (χ4v) is 4.89. The summed E-state index contributed by atoms with van der Waals surface area (Å²) in [5.41, 5.74) is 1.34. The molecule has 4 rings (SSSR count). The van der Waals surface area contributed by atoms with Gasteiger partial charge in [-0.05, 0) is 30.0 Å². The van der Waals surface area contributed by atoms with E-state index in [2.05, 4.69) is 10.4 Å². The van der Waals surface area contributed by atoms with E-state index in [4.69, 9.17) is 4.74 Å². The molecule has 30 heavy (non-hydrogen) atoms. The highest BCUT2D eigenvalue weighted by atomic mass is 32.2. The number of carbonyl (C=O) groups is 3. The molecule has 1 spiro atoms. The number of hydrazone groups is 1. The van der Waals surface area contributed by atoms with Gasteiger partial charge in [-0.15, -0.1) is 5.10 Å². The van der Waals surface area contributed by atoms with Gasteiger partial charge in [-0.25, -0.2) is 0 Å². The van der Waals surface area contributed by atoms with Crippen LogP contribution in [0, 0.1) is 0 Å². The van der Waals surface area contributed by atoms with Crippen molar-refractivity contribution in [3.05, 3.63) is 60.2 Å². The first-order chi connectivity index (χ1) is 14.4. The molecule has 2 heterocycles. The van der Waals surface area contributed by atoms with Crippen molar-refractivity contribution in [3.63, 3.8) is 0 Å². The third-order valence-electron chi connectivity index (χ3n) is 4.74. The van der Waals surface area contributed by atoms with Gasteiger partial charge in [0.05, 0.1) is 12.2 Å². The lowest BCUT2D eigenvalue weighted by atomic mass is 10.1. The summed E-state index contributed by atoms with van der Waals surface area (Å²) in [5, 5.41) is 8.19. The van der Waals surface area contributed by atoms with Crippen LogP contribution >= 0.6 is 11.8 Å². The number of amides is 3. The van der Waals surface area contributed by atoms with E-state index in [9.17, 15) is 14.4 Å². The molecule has 0 fully saturated rings. The summed E-state index contributed by atoms with van der Waals surface area (Å²) in [6.45, 7) is 3.28. The lowest BCUT2D eigenvalue weighted by Gasteiger charge is -2.29. The number of nitrogens with zero attached hydrogens (tertiary/aromatic N) is 3. The van der Waals surface area contributed by atoms with Crippen LogP contribution in [0.4, 0.5) is 5.69 Å². The predicted molar refractivity (Wildman–Crippen MR) is 114 cm³/mol. The smallest absolute Gasteiger partial charge is 0.270 e. The summed E-state index contributed by atoms with van der Waals surface area (Å²) >= 11 is 1.06. The summed E-state index contributed by atoms with van der Waals surface area (Å²) in [6.07, 6.45) is 0. The Morgan fingerprint density at radius 1 is 1.10 bits per heavy atom. The van der Waals surface area contributed by atoms with Gasteiger partial charge in [0.2, 0.25) is 16.7 Å². The minimum atomic E-state index is -1.38. The van der Waals surface area contributed by atoms with Crippen LogP contribution < -0.4 is 15.0 Å². The largest absolute Gasteiger partial charge is 0.492 e. The summed E-state index contributed by atoms with van der Waals surface area (Å²) in [6, 6.07) is 16.6.